The zero-order valence-electron chi connectivity index (χ0n) is 9.47. The first-order chi connectivity index (χ1) is 8.06. The summed E-state index contributed by atoms with van der Waals surface area (Å²) in [5.41, 5.74) is 8.01. The van der Waals surface area contributed by atoms with Crippen molar-refractivity contribution in [2.24, 2.45) is 7.05 Å². The number of nitrogens with two attached hydrogens (primary N) is 1. The van der Waals surface area contributed by atoms with Crippen LogP contribution in [0.2, 0.25) is 0 Å². The normalized spacial score (nSPS) is 12.6. The third-order valence-electron chi connectivity index (χ3n) is 2.58. The van der Waals surface area contributed by atoms with Crippen LogP contribution in [-0.4, -0.2) is 14.9 Å². The van der Waals surface area contributed by atoms with Crippen molar-refractivity contribution < 1.29 is 5.11 Å². The molecule has 2 aromatic rings. The van der Waals surface area contributed by atoms with Gasteiger partial charge in [-0.15, -0.1) is 0 Å². The molecule has 0 aliphatic heterocycles. The number of benzene rings is 1. The van der Waals surface area contributed by atoms with Gasteiger partial charge in [0.2, 0.25) is 0 Å². The number of rotatable bonds is 3. The molecule has 1 unspecified atom stereocenters. The van der Waals surface area contributed by atoms with E-state index in [1.54, 1.807) is 10.7 Å². The minimum Gasteiger partial charge on any atom is -0.398 e. The maximum Gasteiger partial charge on any atom is 0.0866 e. The number of aliphatic hydroxyl groups is 1. The summed E-state index contributed by atoms with van der Waals surface area (Å²) >= 11 is 3.37. The molecule has 3 N–H and O–H groups in total. The van der Waals surface area contributed by atoms with Crippen molar-refractivity contribution in [2.45, 2.75) is 12.5 Å². The first kappa shape index (κ1) is 12.1. The molecular weight excluding hydrogens is 282 g/mol. The minimum absolute atomic E-state index is 0.460. The van der Waals surface area contributed by atoms with Gasteiger partial charge in [-0.2, -0.15) is 5.10 Å². The molecule has 0 saturated heterocycles. The molecule has 1 aromatic heterocycles. The molecule has 0 spiro atoms. The summed E-state index contributed by atoms with van der Waals surface area (Å²) in [6.07, 6.45) is 1.68. The standard InChI is InChI=1S/C12H14BrN3O/c1-16-5-4-9(15-16)7-12(17)10-6-8(13)2-3-11(10)14/h2-6,12,17H,7,14H2,1H3. The first-order valence-corrected chi connectivity index (χ1v) is 6.07. The minimum atomic E-state index is -0.637. The van der Waals surface area contributed by atoms with E-state index >= 15 is 0 Å². The Bertz CT molecular complexity index is 524. The fraction of sp³-hybridized carbons (Fsp3) is 0.250. The van der Waals surface area contributed by atoms with E-state index in [-0.39, 0.29) is 0 Å². The number of hydrogen-bond donors (Lipinski definition) is 2. The average molecular weight is 296 g/mol. The number of anilines is 1. The van der Waals surface area contributed by atoms with Crippen molar-refractivity contribution in [3.63, 3.8) is 0 Å². The number of aliphatic hydroxyl groups excluding tert-OH is 1. The van der Waals surface area contributed by atoms with Crippen molar-refractivity contribution in [3.05, 3.63) is 46.2 Å². The van der Waals surface area contributed by atoms with E-state index in [2.05, 4.69) is 21.0 Å². The van der Waals surface area contributed by atoms with E-state index in [9.17, 15) is 5.11 Å². The maximum atomic E-state index is 10.1. The Morgan fingerprint density at radius 1 is 1.47 bits per heavy atom. The van der Waals surface area contributed by atoms with Crippen LogP contribution in [0.15, 0.2) is 34.9 Å². The molecule has 0 aliphatic rings. The molecule has 5 heteroatoms. The highest BCUT2D eigenvalue weighted by Gasteiger charge is 2.13. The SMILES string of the molecule is Cn1ccc(CC(O)c2cc(Br)ccc2N)n1. The van der Waals surface area contributed by atoms with Crippen LogP contribution >= 0.6 is 15.9 Å². The van der Waals surface area contributed by atoms with Crippen molar-refractivity contribution in [3.8, 4) is 0 Å². The molecular formula is C12H14BrN3O. The fourth-order valence-corrected chi connectivity index (χ4v) is 2.09. The maximum absolute atomic E-state index is 10.1. The monoisotopic (exact) mass is 295 g/mol. The second-order valence-electron chi connectivity index (χ2n) is 3.97. The van der Waals surface area contributed by atoms with Gasteiger partial charge in [0.25, 0.3) is 0 Å². The number of hydrogen-bond acceptors (Lipinski definition) is 3. The summed E-state index contributed by atoms with van der Waals surface area (Å²) in [6.45, 7) is 0. The fourth-order valence-electron chi connectivity index (χ4n) is 1.71. The Kier molecular flexibility index (Phi) is 3.49. The molecule has 1 aromatic carbocycles. The molecule has 0 saturated carbocycles. The van der Waals surface area contributed by atoms with Crippen LogP contribution in [0.4, 0.5) is 5.69 Å². The summed E-state index contributed by atoms with van der Waals surface area (Å²) in [4.78, 5) is 0. The van der Waals surface area contributed by atoms with Crippen LogP contribution in [0.5, 0.6) is 0 Å². The molecule has 90 valence electrons. The summed E-state index contributed by atoms with van der Waals surface area (Å²) in [5, 5.41) is 14.4. The van der Waals surface area contributed by atoms with Gasteiger partial charge in [0.15, 0.2) is 0 Å². The van der Waals surface area contributed by atoms with E-state index in [0.29, 0.717) is 12.1 Å². The van der Waals surface area contributed by atoms with Crippen LogP contribution in [0.3, 0.4) is 0 Å². The zero-order chi connectivity index (χ0) is 12.4. The van der Waals surface area contributed by atoms with E-state index in [1.165, 1.54) is 0 Å². The van der Waals surface area contributed by atoms with Gasteiger partial charge in [0.1, 0.15) is 0 Å². The molecule has 4 nitrogen and oxygen atoms in total. The highest BCUT2D eigenvalue weighted by Crippen LogP contribution is 2.26. The number of nitrogen functional groups attached to an aromatic ring is 1. The van der Waals surface area contributed by atoms with Gasteiger partial charge >= 0.3 is 0 Å². The van der Waals surface area contributed by atoms with Crippen molar-refractivity contribution in [2.75, 3.05) is 5.73 Å². The lowest BCUT2D eigenvalue weighted by molar-refractivity contribution is 0.177. The van der Waals surface area contributed by atoms with Gasteiger partial charge in [-0.25, -0.2) is 0 Å². The number of halogens is 1. The smallest absolute Gasteiger partial charge is 0.0866 e. The lowest BCUT2D eigenvalue weighted by atomic mass is 10.0. The van der Waals surface area contributed by atoms with Crippen LogP contribution in [0.1, 0.15) is 17.4 Å². The lowest BCUT2D eigenvalue weighted by Gasteiger charge is -2.12. The van der Waals surface area contributed by atoms with Gasteiger partial charge < -0.3 is 10.8 Å². The second-order valence-corrected chi connectivity index (χ2v) is 4.89. The third-order valence-corrected chi connectivity index (χ3v) is 3.07. The van der Waals surface area contributed by atoms with E-state index in [4.69, 9.17) is 5.73 Å². The molecule has 0 radical (unpaired) electrons. The van der Waals surface area contributed by atoms with Gasteiger partial charge in [0, 0.05) is 35.4 Å². The van der Waals surface area contributed by atoms with Crippen LogP contribution in [-0.2, 0) is 13.5 Å². The molecule has 0 fully saturated rings. The molecule has 17 heavy (non-hydrogen) atoms. The Hall–Kier alpha value is -1.33. The van der Waals surface area contributed by atoms with Gasteiger partial charge in [-0.1, -0.05) is 15.9 Å². The van der Waals surface area contributed by atoms with Gasteiger partial charge in [-0.3, -0.25) is 4.68 Å². The van der Waals surface area contributed by atoms with Gasteiger partial charge in [-0.05, 0) is 24.3 Å². The molecule has 0 amide bonds. The third kappa shape index (κ3) is 2.87. The highest BCUT2D eigenvalue weighted by molar-refractivity contribution is 9.10. The topological polar surface area (TPSA) is 64.1 Å². The quantitative estimate of drug-likeness (QED) is 0.852. The number of nitrogens with zero attached hydrogens (tertiary/aromatic N) is 2. The van der Waals surface area contributed by atoms with Gasteiger partial charge in [0.05, 0.1) is 11.8 Å². The number of aryl methyl sites for hydroxylation is 1. The second kappa shape index (κ2) is 4.89. The lowest BCUT2D eigenvalue weighted by Crippen LogP contribution is -2.06. The number of aromatic nitrogens is 2. The predicted octanol–water partition coefficient (Wildman–Crippen LogP) is 2.04. The predicted molar refractivity (Wildman–Crippen MR) is 70.4 cm³/mol. The van der Waals surface area contributed by atoms with Crippen LogP contribution < -0.4 is 5.73 Å². The average Bonchev–Trinajstić information content (AvgIpc) is 2.67. The van der Waals surface area contributed by atoms with E-state index < -0.39 is 6.10 Å². The molecule has 1 heterocycles. The van der Waals surface area contributed by atoms with E-state index in [0.717, 1.165) is 15.7 Å². The van der Waals surface area contributed by atoms with Crippen molar-refractivity contribution >= 4 is 21.6 Å². The molecule has 0 bridgehead atoms. The summed E-state index contributed by atoms with van der Waals surface area (Å²) in [6, 6.07) is 7.35. The van der Waals surface area contributed by atoms with E-state index in [1.807, 2.05) is 31.4 Å². The summed E-state index contributed by atoms with van der Waals surface area (Å²) < 4.78 is 2.62. The Morgan fingerprint density at radius 2 is 2.24 bits per heavy atom. The molecule has 2 rings (SSSR count). The Morgan fingerprint density at radius 3 is 2.88 bits per heavy atom. The summed E-state index contributed by atoms with van der Waals surface area (Å²) in [7, 11) is 1.85. The highest BCUT2D eigenvalue weighted by atomic mass is 79.9. The Balaban J connectivity index is 2.19. The van der Waals surface area contributed by atoms with Crippen LogP contribution in [0, 0.1) is 0 Å². The van der Waals surface area contributed by atoms with Crippen molar-refractivity contribution in [1.82, 2.24) is 9.78 Å². The Labute approximate surface area is 108 Å². The molecule has 1 atom stereocenters. The first-order valence-electron chi connectivity index (χ1n) is 5.28. The summed E-state index contributed by atoms with van der Waals surface area (Å²) in [5.74, 6) is 0. The largest absolute Gasteiger partial charge is 0.398 e. The molecule has 0 aliphatic carbocycles. The van der Waals surface area contributed by atoms with Crippen molar-refractivity contribution in [1.29, 1.82) is 0 Å². The van der Waals surface area contributed by atoms with Crippen LogP contribution in [0.25, 0.3) is 0 Å². The zero-order valence-corrected chi connectivity index (χ0v) is 11.1.